The number of ketones is 1. The number of halogens is 2. The van der Waals surface area contributed by atoms with Crippen LogP contribution < -0.4 is 5.32 Å². The molecule has 5 rings (SSSR count). The van der Waals surface area contributed by atoms with Gasteiger partial charge in [-0.05, 0) is 67.9 Å². The second kappa shape index (κ2) is 11.8. The van der Waals surface area contributed by atoms with Crippen molar-refractivity contribution in [2.45, 2.75) is 50.1 Å². The Morgan fingerprint density at radius 1 is 0.951 bits per heavy atom. The fraction of sp³-hybridized carbons (Fsp3) is 0.412. The number of Topliss-reactive ketones (excluding diaryl/α,β-unsaturated/α-hetero) is 1. The Labute approximate surface area is 241 Å². The maximum Gasteiger partial charge on any atom is 0.233 e. The van der Waals surface area contributed by atoms with Gasteiger partial charge in [-0.3, -0.25) is 9.59 Å². The molecule has 3 aromatic carbocycles. The standard InChI is InChI=1S/C34H39F2N3O2/c1-24(40)22-37-33(27-12-8-5-9-13-27)16-18-39(19-17-33)23-29-21-34(29,28-14-15-30(35)31(36)20-28)32(41)38(3)25(2)26-10-6-4-7-11-26/h4-15,20,25,29,37H,16-19,21-23H2,1-3H3/t25-,29?,34?/m0/s1. The molecule has 0 spiro atoms. The van der Waals surface area contributed by atoms with Gasteiger partial charge in [0, 0.05) is 32.2 Å². The number of piperidine rings is 1. The van der Waals surface area contributed by atoms with Crippen molar-refractivity contribution in [1.29, 1.82) is 0 Å². The third kappa shape index (κ3) is 5.84. The summed E-state index contributed by atoms with van der Waals surface area (Å²) in [6.45, 7) is 6.19. The van der Waals surface area contributed by atoms with E-state index < -0.39 is 17.0 Å². The molecular formula is C34H39F2N3O2. The van der Waals surface area contributed by atoms with Gasteiger partial charge < -0.3 is 15.1 Å². The first-order chi connectivity index (χ1) is 19.7. The van der Waals surface area contributed by atoms with Crippen molar-refractivity contribution in [3.63, 3.8) is 0 Å². The number of nitrogens with one attached hydrogen (secondary N) is 1. The Balaban J connectivity index is 1.35. The fourth-order valence-corrected chi connectivity index (χ4v) is 6.56. The van der Waals surface area contributed by atoms with E-state index in [-0.39, 0.29) is 29.2 Å². The molecule has 2 aliphatic rings. The first-order valence-corrected chi connectivity index (χ1v) is 14.5. The third-order valence-corrected chi connectivity index (χ3v) is 9.30. The van der Waals surface area contributed by atoms with Crippen LogP contribution in [0.5, 0.6) is 0 Å². The Hall–Kier alpha value is -3.42. The summed E-state index contributed by atoms with van der Waals surface area (Å²) < 4.78 is 28.4. The minimum atomic E-state index is -0.929. The second-order valence-electron chi connectivity index (χ2n) is 11.8. The Morgan fingerprint density at radius 2 is 1.59 bits per heavy atom. The van der Waals surface area contributed by atoms with Crippen molar-refractivity contribution in [2.75, 3.05) is 33.2 Å². The van der Waals surface area contributed by atoms with Gasteiger partial charge in [0.1, 0.15) is 5.78 Å². The quantitative estimate of drug-likeness (QED) is 0.351. The lowest BCUT2D eigenvalue weighted by Crippen LogP contribution is -2.52. The van der Waals surface area contributed by atoms with Gasteiger partial charge in [-0.1, -0.05) is 66.7 Å². The molecule has 0 aromatic heterocycles. The molecule has 7 heteroatoms. The maximum atomic E-state index is 14.4. The van der Waals surface area contributed by atoms with Gasteiger partial charge in [0.25, 0.3) is 0 Å². The molecule has 1 aliphatic carbocycles. The van der Waals surface area contributed by atoms with Gasteiger partial charge in [-0.2, -0.15) is 0 Å². The zero-order valence-electron chi connectivity index (χ0n) is 24.1. The normalized spacial score (nSPS) is 22.6. The van der Waals surface area contributed by atoms with Gasteiger partial charge >= 0.3 is 0 Å². The molecule has 41 heavy (non-hydrogen) atoms. The van der Waals surface area contributed by atoms with Crippen LogP contribution in [0.25, 0.3) is 0 Å². The van der Waals surface area contributed by atoms with Crippen LogP contribution in [-0.4, -0.2) is 54.7 Å². The van der Waals surface area contributed by atoms with Gasteiger partial charge in [0.2, 0.25) is 5.91 Å². The molecule has 1 amide bonds. The van der Waals surface area contributed by atoms with E-state index in [4.69, 9.17) is 0 Å². The van der Waals surface area contributed by atoms with E-state index in [1.807, 2.05) is 55.5 Å². The Morgan fingerprint density at radius 3 is 2.20 bits per heavy atom. The fourth-order valence-electron chi connectivity index (χ4n) is 6.56. The minimum Gasteiger partial charge on any atom is -0.338 e. The van der Waals surface area contributed by atoms with E-state index >= 15 is 0 Å². The summed E-state index contributed by atoms with van der Waals surface area (Å²) in [5, 5.41) is 3.54. The van der Waals surface area contributed by atoms with Crippen LogP contribution in [0, 0.1) is 17.6 Å². The first kappa shape index (κ1) is 29.1. The summed E-state index contributed by atoms with van der Waals surface area (Å²) in [7, 11) is 1.80. The van der Waals surface area contributed by atoms with Crippen molar-refractivity contribution in [3.05, 3.63) is 107 Å². The van der Waals surface area contributed by atoms with Crippen LogP contribution >= 0.6 is 0 Å². The van der Waals surface area contributed by atoms with E-state index in [1.165, 1.54) is 11.6 Å². The highest BCUT2D eigenvalue weighted by Gasteiger charge is 2.62. The van der Waals surface area contributed by atoms with Gasteiger partial charge in [0.05, 0.1) is 18.0 Å². The van der Waals surface area contributed by atoms with E-state index in [0.717, 1.165) is 37.6 Å². The zero-order valence-corrected chi connectivity index (χ0v) is 24.1. The summed E-state index contributed by atoms with van der Waals surface area (Å²) in [6, 6.07) is 23.8. The number of nitrogens with zero attached hydrogens (tertiary/aromatic N) is 2. The number of likely N-dealkylation sites (N-methyl/N-ethyl adjacent to an activating group) is 1. The molecule has 2 fully saturated rings. The minimum absolute atomic E-state index is 0.0142. The summed E-state index contributed by atoms with van der Waals surface area (Å²) in [6.07, 6.45) is 2.24. The number of carbonyl (C=O) groups is 2. The van der Waals surface area contributed by atoms with E-state index in [9.17, 15) is 18.4 Å². The maximum absolute atomic E-state index is 14.4. The predicted octanol–water partition coefficient (Wildman–Crippen LogP) is 5.61. The number of hydrogen-bond donors (Lipinski definition) is 1. The highest BCUT2D eigenvalue weighted by Crippen LogP contribution is 2.56. The van der Waals surface area contributed by atoms with Gasteiger partial charge in [0.15, 0.2) is 11.6 Å². The molecule has 0 radical (unpaired) electrons. The molecule has 2 unspecified atom stereocenters. The van der Waals surface area contributed by atoms with Crippen molar-refractivity contribution < 1.29 is 18.4 Å². The van der Waals surface area contributed by atoms with Crippen LogP contribution in [0.3, 0.4) is 0 Å². The summed E-state index contributed by atoms with van der Waals surface area (Å²) in [5.41, 5.74) is 1.55. The molecule has 3 aromatic rings. The summed E-state index contributed by atoms with van der Waals surface area (Å²) in [5.74, 6) is -1.82. The lowest BCUT2D eigenvalue weighted by atomic mass is 9.80. The Bertz CT molecular complexity index is 1380. The number of carbonyl (C=O) groups excluding carboxylic acids is 2. The zero-order chi connectivity index (χ0) is 29.2. The number of rotatable bonds is 10. The van der Waals surface area contributed by atoms with Crippen LogP contribution in [0.4, 0.5) is 8.78 Å². The van der Waals surface area contributed by atoms with E-state index in [2.05, 4.69) is 22.3 Å². The summed E-state index contributed by atoms with van der Waals surface area (Å²) >= 11 is 0. The predicted molar refractivity (Wildman–Crippen MR) is 156 cm³/mol. The number of likely N-dealkylation sites (tertiary alicyclic amines) is 1. The van der Waals surface area contributed by atoms with E-state index in [0.29, 0.717) is 25.1 Å². The largest absolute Gasteiger partial charge is 0.338 e. The smallest absolute Gasteiger partial charge is 0.233 e. The first-order valence-electron chi connectivity index (χ1n) is 14.5. The molecule has 1 saturated heterocycles. The van der Waals surface area contributed by atoms with Crippen LogP contribution in [0.2, 0.25) is 0 Å². The van der Waals surface area contributed by atoms with Gasteiger partial charge in [-0.15, -0.1) is 0 Å². The van der Waals surface area contributed by atoms with E-state index in [1.54, 1.807) is 24.9 Å². The molecule has 216 valence electrons. The highest BCUT2D eigenvalue weighted by atomic mass is 19.2. The number of benzene rings is 3. The molecule has 0 bridgehead atoms. The molecule has 1 N–H and O–H groups in total. The molecule has 1 aliphatic heterocycles. The molecular weight excluding hydrogens is 520 g/mol. The SMILES string of the molecule is CC(=O)CNC1(c2ccccc2)CCN(CC2CC2(C(=O)N(C)[C@@H](C)c2ccccc2)c2ccc(F)c(F)c2)CC1. The molecule has 1 saturated carbocycles. The average molecular weight is 560 g/mol. The lowest BCUT2D eigenvalue weighted by molar-refractivity contribution is -0.135. The average Bonchev–Trinajstić information content (AvgIpc) is 3.72. The van der Waals surface area contributed by atoms with Gasteiger partial charge in [-0.25, -0.2) is 8.78 Å². The van der Waals surface area contributed by atoms with Crippen molar-refractivity contribution in [3.8, 4) is 0 Å². The van der Waals surface area contributed by atoms with Crippen LogP contribution in [0.15, 0.2) is 78.9 Å². The monoisotopic (exact) mass is 559 g/mol. The summed E-state index contributed by atoms with van der Waals surface area (Å²) in [4.78, 5) is 30.1. The van der Waals surface area contributed by atoms with Crippen LogP contribution in [0.1, 0.15) is 55.8 Å². The Kier molecular flexibility index (Phi) is 8.39. The third-order valence-electron chi connectivity index (χ3n) is 9.30. The topological polar surface area (TPSA) is 52.7 Å². The van der Waals surface area contributed by atoms with Crippen molar-refractivity contribution in [2.24, 2.45) is 5.92 Å². The van der Waals surface area contributed by atoms with Crippen molar-refractivity contribution in [1.82, 2.24) is 15.1 Å². The van der Waals surface area contributed by atoms with Crippen LogP contribution in [-0.2, 0) is 20.5 Å². The van der Waals surface area contributed by atoms with Crippen molar-refractivity contribution >= 4 is 11.7 Å². The molecule has 3 atom stereocenters. The second-order valence-corrected chi connectivity index (χ2v) is 11.8. The number of hydrogen-bond acceptors (Lipinski definition) is 4. The highest BCUT2D eigenvalue weighted by molar-refractivity contribution is 5.92. The molecule has 1 heterocycles. The molecule has 5 nitrogen and oxygen atoms in total. The number of amides is 1. The lowest BCUT2D eigenvalue weighted by Gasteiger charge is -2.43.